The third kappa shape index (κ3) is 3.24. The number of hydrogen-bond donors (Lipinski definition) is 0. The first-order valence-corrected chi connectivity index (χ1v) is 7.20. The predicted octanol–water partition coefficient (Wildman–Crippen LogP) is 2.50. The molecule has 1 amide bonds. The first-order valence-electron chi connectivity index (χ1n) is 7.20. The lowest BCUT2D eigenvalue weighted by molar-refractivity contribution is -0.135. The highest BCUT2D eigenvalue weighted by atomic mass is 16.5. The molecule has 0 saturated heterocycles. The van der Waals surface area contributed by atoms with Crippen LogP contribution in [-0.4, -0.2) is 38.1 Å². The number of ether oxygens (including phenoxy) is 2. The van der Waals surface area contributed by atoms with Crippen molar-refractivity contribution < 1.29 is 14.3 Å². The molecule has 20 heavy (non-hydrogen) atoms. The molecule has 0 radical (unpaired) electrons. The van der Waals surface area contributed by atoms with E-state index in [9.17, 15) is 4.79 Å². The van der Waals surface area contributed by atoms with Crippen molar-refractivity contribution in [1.29, 1.82) is 0 Å². The Kier molecular flexibility index (Phi) is 4.88. The van der Waals surface area contributed by atoms with E-state index >= 15 is 0 Å². The fourth-order valence-corrected chi connectivity index (χ4v) is 2.47. The van der Waals surface area contributed by atoms with Gasteiger partial charge in [-0.25, -0.2) is 0 Å². The van der Waals surface area contributed by atoms with Crippen molar-refractivity contribution in [3.05, 3.63) is 23.8 Å². The highest BCUT2D eigenvalue weighted by Crippen LogP contribution is 2.31. The fraction of sp³-hybridized carbons (Fsp3) is 0.562. The van der Waals surface area contributed by atoms with Gasteiger partial charge in [0.2, 0.25) is 5.91 Å². The first kappa shape index (κ1) is 14.7. The Morgan fingerprint density at radius 3 is 3.00 bits per heavy atom. The molecule has 1 aromatic carbocycles. The zero-order valence-corrected chi connectivity index (χ0v) is 12.5. The summed E-state index contributed by atoms with van der Waals surface area (Å²) in [6.07, 6.45) is 2.86. The van der Waals surface area contributed by atoms with Gasteiger partial charge in [-0.15, -0.1) is 0 Å². The quantitative estimate of drug-likeness (QED) is 0.830. The van der Waals surface area contributed by atoms with Crippen LogP contribution in [0.5, 0.6) is 11.5 Å². The van der Waals surface area contributed by atoms with Crippen LogP contribution in [0.25, 0.3) is 0 Å². The van der Waals surface area contributed by atoms with E-state index in [0.717, 1.165) is 42.9 Å². The van der Waals surface area contributed by atoms with Crippen LogP contribution in [0.1, 0.15) is 25.3 Å². The average molecular weight is 277 g/mol. The first-order chi connectivity index (χ1) is 9.65. The van der Waals surface area contributed by atoms with Crippen LogP contribution in [0, 0.1) is 5.92 Å². The molecule has 1 aliphatic rings. The maximum absolute atomic E-state index is 12.4. The van der Waals surface area contributed by atoms with E-state index in [0.29, 0.717) is 6.61 Å². The molecule has 4 heteroatoms. The largest absolute Gasteiger partial charge is 0.497 e. The van der Waals surface area contributed by atoms with Crippen molar-refractivity contribution in [2.24, 2.45) is 5.92 Å². The summed E-state index contributed by atoms with van der Waals surface area (Å²) in [6, 6.07) is 5.75. The Labute approximate surface area is 120 Å². The smallest absolute Gasteiger partial charge is 0.229 e. The van der Waals surface area contributed by atoms with Gasteiger partial charge in [0.15, 0.2) is 0 Å². The number of nitrogens with zero attached hydrogens (tertiary/aromatic N) is 1. The fourth-order valence-electron chi connectivity index (χ4n) is 2.47. The van der Waals surface area contributed by atoms with Crippen LogP contribution < -0.4 is 9.47 Å². The lowest BCUT2D eigenvalue weighted by Gasteiger charge is -2.28. The van der Waals surface area contributed by atoms with Crippen molar-refractivity contribution >= 4 is 5.91 Å². The predicted molar refractivity (Wildman–Crippen MR) is 78.2 cm³/mol. The molecule has 1 aliphatic heterocycles. The average Bonchev–Trinajstić information content (AvgIpc) is 2.50. The Bertz CT molecular complexity index is 473. The number of carbonyl (C=O) groups excluding carboxylic acids is 1. The normalized spacial score (nSPS) is 17.1. The second-order valence-electron chi connectivity index (χ2n) is 5.30. The van der Waals surface area contributed by atoms with Crippen LogP contribution in [0.2, 0.25) is 0 Å². The van der Waals surface area contributed by atoms with Gasteiger partial charge in [0.1, 0.15) is 18.1 Å². The topological polar surface area (TPSA) is 38.8 Å². The molecule has 0 bridgehead atoms. The van der Waals surface area contributed by atoms with Gasteiger partial charge in [-0.2, -0.15) is 0 Å². The zero-order chi connectivity index (χ0) is 14.5. The number of methoxy groups -OCH3 is 1. The molecule has 110 valence electrons. The van der Waals surface area contributed by atoms with E-state index in [-0.39, 0.29) is 11.8 Å². The van der Waals surface area contributed by atoms with Gasteiger partial charge in [-0.1, -0.05) is 13.3 Å². The number of carbonyl (C=O) groups is 1. The van der Waals surface area contributed by atoms with E-state index < -0.39 is 0 Å². The number of rotatable bonds is 5. The summed E-state index contributed by atoms with van der Waals surface area (Å²) in [4.78, 5) is 14.2. The summed E-state index contributed by atoms with van der Waals surface area (Å²) in [5, 5.41) is 0. The van der Waals surface area contributed by atoms with Gasteiger partial charge in [0.05, 0.1) is 13.0 Å². The van der Waals surface area contributed by atoms with Crippen molar-refractivity contribution in [3.8, 4) is 11.5 Å². The number of benzene rings is 1. The highest BCUT2D eigenvalue weighted by molar-refractivity contribution is 5.79. The highest BCUT2D eigenvalue weighted by Gasteiger charge is 2.28. The monoisotopic (exact) mass is 277 g/mol. The number of hydrogen-bond acceptors (Lipinski definition) is 3. The number of unbranched alkanes of at least 4 members (excludes halogenated alkanes) is 1. The van der Waals surface area contributed by atoms with E-state index in [1.807, 2.05) is 30.1 Å². The maximum Gasteiger partial charge on any atom is 0.229 e. The van der Waals surface area contributed by atoms with Gasteiger partial charge in [-0.05, 0) is 36.6 Å². The number of amides is 1. The van der Waals surface area contributed by atoms with Gasteiger partial charge in [0, 0.05) is 13.6 Å². The Morgan fingerprint density at radius 1 is 1.50 bits per heavy atom. The SMILES string of the molecule is CCCCN(C)C(=O)C1COc2ccc(OC)cc2C1. The molecule has 1 heterocycles. The summed E-state index contributed by atoms with van der Waals surface area (Å²) in [6.45, 7) is 3.41. The third-order valence-electron chi connectivity index (χ3n) is 3.75. The van der Waals surface area contributed by atoms with Gasteiger partial charge in [-0.3, -0.25) is 4.79 Å². The molecule has 0 fully saturated rings. The van der Waals surface area contributed by atoms with Crippen LogP contribution in [0.3, 0.4) is 0 Å². The van der Waals surface area contributed by atoms with E-state index in [2.05, 4.69) is 6.92 Å². The molecular formula is C16H23NO3. The van der Waals surface area contributed by atoms with Gasteiger partial charge < -0.3 is 14.4 Å². The van der Waals surface area contributed by atoms with Crippen LogP contribution >= 0.6 is 0 Å². The standard InChI is InChI=1S/C16H23NO3/c1-4-5-8-17(2)16(18)13-9-12-10-14(19-3)6-7-15(12)20-11-13/h6-7,10,13H,4-5,8-9,11H2,1-3H3. The molecule has 2 rings (SSSR count). The lowest BCUT2D eigenvalue weighted by atomic mass is 9.95. The summed E-state index contributed by atoms with van der Waals surface area (Å²) in [5.74, 6) is 1.76. The summed E-state index contributed by atoms with van der Waals surface area (Å²) in [7, 11) is 3.52. The molecule has 0 aliphatic carbocycles. The molecule has 0 spiro atoms. The van der Waals surface area contributed by atoms with E-state index in [4.69, 9.17) is 9.47 Å². The molecule has 1 unspecified atom stereocenters. The minimum absolute atomic E-state index is 0.0866. The van der Waals surface area contributed by atoms with Crippen molar-refractivity contribution in [2.45, 2.75) is 26.2 Å². The summed E-state index contributed by atoms with van der Waals surface area (Å²) >= 11 is 0. The van der Waals surface area contributed by atoms with Crippen molar-refractivity contribution in [2.75, 3.05) is 27.3 Å². The summed E-state index contributed by atoms with van der Waals surface area (Å²) < 4.78 is 10.9. The Balaban J connectivity index is 2.04. The van der Waals surface area contributed by atoms with Crippen LogP contribution in [0.15, 0.2) is 18.2 Å². The molecule has 4 nitrogen and oxygen atoms in total. The second-order valence-corrected chi connectivity index (χ2v) is 5.30. The lowest BCUT2D eigenvalue weighted by Crippen LogP contribution is -2.39. The van der Waals surface area contributed by atoms with Gasteiger partial charge in [0.25, 0.3) is 0 Å². The molecule has 0 saturated carbocycles. The van der Waals surface area contributed by atoms with Crippen LogP contribution in [-0.2, 0) is 11.2 Å². The molecular weight excluding hydrogens is 254 g/mol. The Hall–Kier alpha value is -1.71. The Morgan fingerprint density at radius 2 is 2.30 bits per heavy atom. The zero-order valence-electron chi connectivity index (χ0n) is 12.5. The third-order valence-corrected chi connectivity index (χ3v) is 3.75. The summed E-state index contributed by atoms with van der Waals surface area (Å²) in [5.41, 5.74) is 1.05. The second kappa shape index (κ2) is 6.64. The number of fused-ring (bicyclic) bond motifs is 1. The molecule has 1 aromatic rings. The van der Waals surface area contributed by atoms with E-state index in [1.54, 1.807) is 7.11 Å². The molecule has 0 aromatic heterocycles. The molecule has 0 N–H and O–H groups in total. The van der Waals surface area contributed by atoms with Crippen LogP contribution in [0.4, 0.5) is 0 Å². The molecule has 1 atom stereocenters. The van der Waals surface area contributed by atoms with Gasteiger partial charge >= 0.3 is 0 Å². The minimum Gasteiger partial charge on any atom is -0.497 e. The van der Waals surface area contributed by atoms with Crippen molar-refractivity contribution in [1.82, 2.24) is 4.90 Å². The maximum atomic E-state index is 12.4. The van der Waals surface area contributed by atoms with E-state index in [1.165, 1.54) is 0 Å². The van der Waals surface area contributed by atoms with Crippen molar-refractivity contribution in [3.63, 3.8) is 0 Å². The minimum atomic E-state index is -0.0866.